The van der Waals surface area contributed by atoms with Crippen LogP contribution in [-0.2, 0) is 13.0 Å². The third-order valence-electron chi connectivity index (χ3n) is 2.80. The number of nitrogens with one attached hydrogen (secondary N) is 1. The summed E-state index contributed by atoms with van der Waals surface area (Å²) in [6.45, 7) is 3.08. The van der Waals surface area contributed by atoms with Crippen molar-refractivity contribution in [2.75, 3.05) is 7.05 Å². The van der Waals surface area contributed by atoms with Crippen LogP contribution in [0.5, 0.6) is 0 Å². The lowest BCUT2D eigenvalue weighted by molar-refractivity contribution is 0.521. The van der Waals surface area contributed by atoms with Gasteiger partial charge >= 0.3 is 0 Å². The molecule has 0 saturated heterocycles. The SMILES string of the molecule is CCCn1ncnc1CC(NC)c1ccc(Br)s1. The van der Waals surface area contributed by atoms with Crippen LogP contribution in [0.15, 0.2) is 22.2 Å². The van der Waals surface area contributed by atoms with Crippen molar-refractivity contribution in [1.82, 2.24) is 20.1 Å². The molecule has 0 aliphatic rings. The van der Waals surface area contributed by atoms with Crippen LogP contribution in [0, 0.1) is 0 Å². The van der Waals surface area contributed by atoms with Gasteiger partial charge in [-0.2, -0.15) is 5.10 Å². The second kappa shape index (κ2) is 6.45. The molecule has 1 atom stereocenters. The van der Waals surface area contributed by atoms with Crippen molar-refractivity contribution in [3.63, 3.8) is 0 Å². The summed E-state index contributed by atoms with van der Waals surface area (Å²) in [5, 5.41) is 7.61. The van der Waals surface area contributed by atoms with Crippen molar-refractivity contribution in [2.24, 2.45) is 0 Å². The molecule has 0 bridgehead atoms. The third kappa shape index (κ3) is 3.18. The highest BCUT2D eigenvalue weighted by atomic mass is 79.9. The first-order valence-corrected chi connectivity index (χ1v) is 7.64. The average Bonchev–Trinajstić information content (AvgIpc) is 2.96. The molecule has 4 nitrogen and oxygen atoms in total. The van der Waals surface area contributed by atoms with Gasteiger partial charge in [0, 0.05) is 23.9 Å². The molecule has 0 amide bonds. The van der Waals surface area contributed by atoms with E-state index in [-0.39, 0.29) is 0 Å². The highest BCUT2D eigenvalue weighted by Crippen LogP contribution is 2.28. The number of hydrogen-bond acceptors (Lipinski definition) is 4. The van der Waals surface area contributed by atoms with Crippen LogP contribution in [0.25, 0.3) is 0 Å². The van der Waals surface area contributed by atoms with Crippen molar-refractivity contribution in [2.45, 2.75) is 32.4 Å². The minimum atomic E-state index is 0.293. The number of rotatable bonds is 6. The van der Waals surface area contributed by atoms with E-state index >= 15 is 0 Å². The molecule has 2 aromatic rings. The lowest BCUT2D eigenvalue weighted by Gasteiger charge is -2.14. The van der Waals surface area contributed by atoms with Gasteiger partial charge in [-0.05, 0) is 41.5 Å². The number of hydrogen-bond donors (Lipinski definition) is 1. The summed E-state index contributed by atoms with van der Waals surface area (Å²) < 4.78 is 3.15. The zero-order chi connectivity index (χ0) is 13.0. The second-order valence-corrected chi connectivity index (χ2v) is 6.58. The summed E-state index contributed by atoms with van der Waals surface area (Å²) in [6, 6.07) is 4.53. The first-order valence-electron chi connectivity index (χ1n) is 6.03. The van der Waals surface area contributed by atoms with E-state index in [4.69, 9.17) is 0 Å². The minimum absolute atomic E-state index is 0.293. The molecule has 2 aromatic heterocycles. The first-order chi connectivity index (χ1) is 8.74. The van der Waals surface area contributed by atoms with Gasteiger partial charge < -0.3 is 5.32 Å². The molecule has 6 heteroatoms. The maximum absolute atomic E-state index is 4.36. The van der Waals surface area contributed by atoms with Gasteiger partial charge in [-0.1, -0.05) is 6.92 Å². The van der Waals surface area contributed by atoms with E-state index < -0.39 is 0 Å². The number of aromatic nitrogens is 3. The van der Waals surface area contributed by atoms with Crippen LogP contribution in [0.2, 0.25) is 0 Å². The van der Waals surface area contributed by atoms with E-state index in [1.165, 1.54) is 4.88 Å². The molecular weight excluding hydrogens is 312 g/mol. The molecule has 0 aliphatic carbocycles. The van der Waals surface area contributed by atoms with E-state index in [9.17, 15) is 0 Å². The molecule has 2 rings (SSSR count). The van der Waals surface area contributed by atoms with Crippen LogP contribution >= 0.6 is 27.3 Å². The Hall–Kier alpha value is -0.720. The Morgan fingerprint density at radius 3 is 2.94 bits per heavy atom. The number of aryl methyl sites for hydroxylation is 1. The van der Waals surface area contributed by atoms with Gasteiger partial charge in [-0.3, -0.25) is 4.68 Å². The number of nitrogens with zero attached hydrogens (tertiary/aromatic N) is 3. The van der Waals surface area contributed by atoms with Crippen molar-refractivity contribution < 1.29 is 0 Å². The van der Waals surface area contributed by atoms with Crippen LogP contribution < -0.4 is 5.32 Å². The largest absolute Gasteiger partial charge is 0.312 e. The van der Waals surface area contributed by atoms with Crippen LogP contribution in [0.4, 0.5) is 0 Å². The number of likely N-dealkylation sites (N-methyl/N-ethyl adjacent to an activating group) is 1. The molecule has 18 heavy (non-hydrogen) atoms. The fraction of sp³-hybridized carbons (Fsp3) is 0.500. The second-order valence-electron chi connectivity index (χ2n) is 4.09. The predicted octanol–water partition coefficient (Wildman–Crippen LogP) is 3.02. The Labute approximate surface area is 120 Å². The zero-order valence-corrected chi connectivity index (χ0v) is 13.0. The molecule has 0 radical (unpaired) electrons. The first kappa shape index (κ1) is 13.7. The zero-order valence-electron chi connectivity index (χ0n) is 10.6. The normalized spacial score (nSPS) is 12.8. The quantitative estimate of drug-likeness (QED) is 0.886. The summed E-state index contributed by atoms with van der Waals surface area (Å²) in [5.74, 6) is 1.04. The Morgan fingerprint density at radius 1 is 1.50 bits per heavy atom. The summed E-state index contributed by atoms with van der Waals surface area (Å²) in [6.07, 6.45) is 3.58. The highest BCUT2D eigenvalue weighted by molar-refractivity contribution is 9.11. The smallest absolute Gasteiger partial charge is 0.138 e. The molecule has 0 fully saturated rings. The van der Waals surface area contributed by atoms with E-state index in [2.05, 4.69) is 50.4 Å². The van der Waals surface area contributed by atoms with E-state index in [0.29, 0.717) is 6.04 Å². The molecule has 98 valence electrons. The monoisotopic (exact) mass is 328 g/mol. The molecule has 0 aliphatic heterocycles. The molecule has 0 spiro atoms. The Morgan fingerprint density at radius 2 is 2.33 bits per heavy atom. The van der Waals surface area contributed by atoms with Gasteiger partial charge in [-0.15, -0.1) is 11.3 Å². The topological polar surface area (TPSA) is 42.7 Å². The van der Waals surface area contributed by atoms with E-state index in [0.717, 1.165) is 29.0 Å². The fourth-order valence-corrected chi connectivity index (χ4v) is 3.42. The van der Waals surface area contributed by atoms with Crippen molar-refractivity contribution in [3.8, 4) is 0 Å². The number of halogens is 1. The van der Waals surface area contributed by atoms with Gasteiger partial charge in [0.15, 0.2) is 0 Å². The van der Waals surface area contributed by atoms with E-state index in [1.54, 1.807) is 17.7 Å². The average molecular weight is 329 g/mol. The third-order valence-corrected chi connectivity index (χ3v) is 4.54. The maximum Gasteiger partial charge on any atom is 0.138 e. The molecular formula is C12H17BrN4S. The van der Waals surface area contributed by atoms with Crippen molar-refractivity contribution in [3.05, 3.63) is 32.9 Å². The lowest BCUT2D eigenvalue weighted by Crippen LogP contribution is -2.20. The van der Waals surface area contributed by atoms with Gasteiger partial charge in [0.25, 0.3) is 0 Å². The number of thiophene rings is 1. The standard InChI is InChI=1S/C12H17BrN4S/c1-3-6-17-12(15-8-16-17)7-9(14-2)10-4-5-11(13)18-10/h4-5,8-9,14H,3,6-7H2,1-2H3. The minimum Gasteiger partial charge on any atom is -0.312 e. The van der Waals surface area contributed by atoms with Crippen LogP contribution in [-0.4, -0.2) is 21.8 Å². The van der Waals surface area contributed by atoms with E-state index in [1.807, 2.05) is 11.7 Å². The highest BCUT2D eigenvalue weighted by Gasteiger charge is 2.15. The molecule has 0 aromatic carbocycles. The Balaban J connectivity index is 2.12. The maximum atomic E-state index is 4.36. The Kier molecular flexibility index (Phi) is 4.91. The van der Waals surface area contributed by atoms with Crippen LogP contribution in [0.3, 0.4) is 0 Å². The van der Waals surface area contributed by atoms with Gasteiger partial charge in [0.2, 0.25) is 0 Å². The van der Waals surface area contributed by atoms with Gasteiger partial charge in [-0.25, -0.2) is 4.98 Å². The summed E-state index contributed by atoms with van der Waals surface area (Å²) in [4.78, 5) is 5.67. The fourth-order valence-electron chi connectivity index (χ4n) is 1.89. The van der Waals surface area contributed by atoms with Gasteiger partial charge in [0.1, 0.15) is 12.2 Å². The van der Waals surface area contributed by atoms with Crippen molar-refractivity contribution in [1.29, 1.82) is 0 Å². The van der Waals surface area contributed by atoms with Crippen molar-refractivity contribution >= 4 is 27.3 Å². The molecule has 2 heterocycles. The lowest BCUT2D eigenvalue weighted by atomic mass is 10.1. The predicted molar refractivity (Wildman–Crippen MR) is 77.8 cm³/mol. The molecule has 1 unspecified atom stereocenters. The molecule has 0 saturated carbocycles. The Bertz CT molecular complexity index is 494. The summed E-state index contributed by atoms with van der Waals surface area (Å²) >= 11 is 5.26. The summed E-state index contributed by atoms with van der Waals surface area (Å²) in [7, 11) is 1.98. The molecule has 1 N–H and O–H groups in total. The summed E-state index contributed by atoms with van der Waals surface area (Å²) in [5.41, 5.74) is 0. The van der Waals surface area contributed by atoms with Gasteiger partial charge in [0.05, 0.1) is 3.79 Å². The van der Waals surface area contributed by atoms with Crippen LogP contribution in [0.1, 0.15) is 30.1 Å².